The quantitative estimate of drug-likeness (QED) is 0.804. The number of hydrogen-bond acceptors (Lipinski definition) is 1. The van der Waals surface area contributed by atoms with E-state index in [0.29, 0.717) is 6.54 Å². The molecule has 0 bridgehead atoms. The van der Waals surface area contributed by atoms with Gasteiger partial charge in [0.25, 0.3) is 5.91 Å². The number of carbonyl (C=O) groups is 1. The summed E-state index contributed by atoms with van der Waals surface area (Å²) in [6.07, 6.45) is 13.7. The van der Waals surface area contributed by atoms with Gasteiger partial charge >= 0.3 is 0 Å². The van der Waals surface area contributed by atoms with Crippen molar-refractivity contribution in [3.63, 3.8) is 0 Å². The van der Waals surface area contributed by atoms with Gasteiger partial charge in [0.2, 0.25) is 0 Å². The van der Waals surface area contributed by atoms with E-state index >= 15 is 0 Å². The number of hydrogen-bond donors (Lipinski definition) is 1. The van der Waals surface area contributed by atoms with Crippen LogP contribution in [0.15, 0.2) is 60.2 Å². The second-order valence-electron chi connectivity index (χ2n) is 5.03. The minimum absolute atomic E-state index is 0.00952. The van der Waals surface area contributed by atoms with Gasteiger partial charge in [-0.3, -0.25) is 4.79 Å². The molecule has 1 aromatic rings. The van der Waals surface area contributed by atoms with E-state index in [-0.39, 0.29) is 5.91 Å². The third kappa shape index (κ3) is 4.54. The fourth-order valence-electron chi connectivity index (χ4n) is 2.09. The Morgan fingerprint density at radius 2 is 2.00 bits per heavy atom. The summed E-state index contributed by atoms with van der Waals surface area (Å²) in [6.45, 7) is 2.73. The minimum Gasteiger partial charge on any atom is -0.352 e. The summed E-state index contributed by atoms with van der Waals surface area (Å²) in [6, 6.07) is 7.66. The molecule has 20 heavy (non-hydrogen) atoms. The molecule has 0 spiro atoms. The summed E-state index contributed by atoms with van der Waals surface area (Å²) >= 11 is 0. The highest BCUT2D eigenvalue weighted by molar-refractivity contribution is 5.94. The Morgan fingerprint density at radius 1 is 1.20 bits per heavy atom. The maximum Gasteiger partial charge on any atom is 0.251 e. The van der Waals surface area contributed by atoms with Crippen LogP contribution in [0.25, 0.3) is 0 Å². The molecule has 0 saturated heterocycles. The zero-order valence-electron chi connectivity index (χ0n) is 11.9. The van der Waals surface area contributed by atoms with Gasteiger partial charge in [-0.25, -0.2) is 0 Å². The van der Waals surface area contributed by atoms with Crippen molar-refractivity contribution in [1.82, 2.24) is 5.32 Å². The number of rotatable bonds is 5. The maximum absolute atomic E-state index is 11.9. The Morgan fingerprint density at radius 3 is 2.80 bits per heavy atom. The van der Waals surface area contributed by atoms with Crippen LogP contribution in [0, 0.1) is 6.92 Å². The van der Waals surface area contributed by atoms with E-state index in [9.17, 15) is 4.79 Å². The van der Waals surface area contributed by atoms with E-state index in [2.05, 4.69) is 35.7 Å². The number of nitrogens with one attached hydrogen (secondary N) is 1. The Kier molecular flexibility index (Phi) is 5.36. The number of carbonyl (C=O) groups excluding carboxylic acids is 1. The third-order valence-corrected chi connectivity index (χ3v) is 3.29. The second kappa shape index (κ2) is 7.49. The van der Waals surface area contributed by atoms with E-state index in [0.717, 1.165) is 24.8 Å². The van der Waals surface area contributed by atoms with Crippen molar-refractivity contribution in [2.75, 3.05) is 6.54 Å². The van der Waals surface area contributed by atoms with Crippen LogP contribution in [0.1, 0.15) is 35.2 Å². The highest BCUT2D eigenvalue weighted by Crippen LogP contribution is 2.10. The van der Waals surface area contributed by atoms with Crippen molar-refractivity contribution in [3.05, 3.63) is 71.3 Å². The third-order valence-electron chi connectivity index (χ3n) is 3.29. The predicted octanol–water partition coefficient (Wildman–Crippen LogP) is 3.95. The zero-order valence-corrected chi connectivity index (χ0v) is 11.9. The molecule has 0 atom stereocenters. The number of aryl methyl sites for hydroxylation is 1. The lowest BCUT2D eigenvalue weighted by molar-refractivity contribution is 0.0953. The summed E-state index contributed by atoms with van der Waals surface area (Å²) < 4.78 is 0. The Hall–Kier alpha value is -2.09. The van der Waals surface area contributed by atoms with Gasteiger partial charge < -0.3 is 5.32 Å². The fraction of sp³-hybridized carbons (Fsp3) is 0.278. The van der Waals surface area contributed by atoms with Gasteiger partial charge in [0, 0.05) is 12.1 Å². The Balaban J connectivity index is 1.73. The van der Waals surface area contributed by atoms with Crippen LogP contribution in [0.3, 0.4) is 0 Å². The van der Waals surface area contributed by atoms with E-state index in [4.69, 9.17) is 0 Å². The van der Waals surface area contributed by atoms with Gasteiger partial charge in [-0.1, -0.05) is 48.1 Å². The van der Waals surface area contributed by atoms with Gasteiger partial charge in [-0.05, 0) is 43.9 Å². The lowest BCUT2D eigenvalue weighted by Crippen LogP contribution is -2.24. The first-order valence-corrected chi connectivity index (χ1v) is 7.13. The molecule has 2 nitrogen and oxygen atoms in total. The van der Waals surface area contributed by atoms with E-state index in [1.54, 1.807) is 0 Å². The zero-order chi connectivity index (χ0) is 14.2. The van der Waals surface area contributed by atoms with E-state index < -0.39 is 0 Å². The molecule has 0 aromatic heterocycles. The molecule has 2 heteroatoms. The molecule has 104 valence electrons. The number of allylic oxidation sites excluding steroid dienone is 6. The normalized spacial score (nSPS) is 13.8. The van der Waals surface area contributed by atoms with Crippen molar-refractivity contribution in [3.8, 4) is 0 Å². The Labute approximate surface area is 120 Å². The first-order chi connectivity index (χ1) is 9.75. The molecule has 0 saturated carbocycles. The van der Waals surface area contributed by atoms with Crippen molar-refractivity contribution >= 4 is 5.91 Å². The molecular weight excluding hydrogens is 246 g/mol. The highest BCUT2D eigenvalue weighted by atomic mass is 16.1. The summed E-state index contributed by atoms with van der Waals surface area (Å²) in [4.78, 5) is 11.9. The van der Waals surface area contributed by atoms with Gasteiger partial charge in [0.15, 0.2) is 0 Å². The van der Waals surface area contributed by atoms with Crippen molar-refractivity contribution in [1.29, 1.82) is 0 Å². The van der Waals surface area contributed by atoms with Crippen LogP contribution in [-0.4, -0.2) is 12.5 Å². The molecule has 1 aliphatic rings. The first kappa shape index (κ1) is 14.3. The molecule has 1 amide bonds. The van der Waals surface area contributed by atoms with Crippen LogP contribution in [0.4, 0.5) is 0 Å². The summed E-state index contributed by atoms with van der Waals surface area (Å²) in [5, 5.41) is 2.97. The van der Waals surface area contributed by atoms with Gasteiger partial charge in [0.05, 0.1) is 0 Å². The average molecular weight is 267 g/mol. The highest BCUT2D eigenvalue weighted by Gasteiger charge is 2.03. The molecule has 1 N–H and O–H groups in total. The van der Waals surface area contributed by atoms with E-state index in [1.807, 2.05) is 31.2 Å². The average Bonchev–Trinajstić information content (AvgIpc) is 2.73. The standard InChI is InChI=1S/C18H21NO/c1-15-10-12-17(13-11-15)18(20)19-14-6-9-16-7-4-2-3-5-8-16/h2,4-5,7-8,10-13H,3,6,9,14H2,1H3,(H,19,20). The number of amides is 1. The van der Waals surface area contributed by atoms with Crippen LogP contribution < -0.4 is 5.32 Å². The fourth-order valence-corrected chi connectivity index (χ4v) is 2.09. The molecule has 0 radical (unpaired) electrons. The lowest BCUT2D eigenvalue weighted by atomic mass is 10.1. The second-order valence-corrected chi connectivity index (χ2v) is 5.03. The maximum atomic E-state index is 11.9. The molecule has 0 unspecified atom stereocenters. The van der Waals surface area contributed by atoms with Crippen LogP contribution in [0.5, 0.6) is 0 Å². The molecule has 0 aliphatic heterocycles. The van der Waals surface area contributed by atoms with Gasteiger partial charge in [-0.15, -0.1) is 0 Å². The lowest BCUT2D eigenvalue weighted by Gasteiger charge is -2.06. The van der Waals surface area contributed by atoms with Gasteiger partial charge in [0.1, 0.15) is 0 Å². The molecule has 0 fully saturated rings. The summed E-state index contributed by atoms with van der Waals surface area (Å²) in [7, 11) is 0. The summed E-state index contributed by atoms with van der Waals surface area (Å²) in [5.41, 5.74) is 3.22. The van der Waals surface area contributed by atoms with Crippen molar-refractivity contribution in [2.45, 2.75) is 26.2 Å². The van der Waals surface area contributed by atoms with Gasteiger partial charge in [-0.2, -0.15) is 0 Å². The molecule has 2 rings (SSSR count). The van der Waals surface area contributed by atoms with Crippen LogP contribution >= 0.6 is 0 Å². The molecular formula is C18H21NO. The van der Waals surface area contributed by atoms with E-state index in [1.165, 1.54) is 11.1 Å². The topological polar surface area (TPSA) is 29.1 Å². The molecule has 1 aliphatic carbocycles. The smallest absolute Gasteiger partial charge is 0.251 e. The monoisotopic (exact) mass is 267 g/mol. The summed E-state index contributed by atoms with van der Waals surface area (Å²) in [5.74, 6) is 0.00952. The Bertz CT molecular complexity index is 535. The molecule has 1 aromatic carbocycles. The van der Waals surface area contributed by atoms with Crippen LogP contribution in [-0.2, 0) is 0 Å². The largest absolute Gasteiger partial charge is 0.352 e. The van der Waals surface area contributed by atoms with Crippen molar-refractivity contribution in [2.24, 2.45) is 0 Å². The SMILES string of the molecule is Cc1ccc(C(=O)NCCCC2=CC=CCC=C2)cc1. The minimum atomic E-state index is 0.00952. The number of benzene rings is 1. The first-order valence-electron chi connectivity index (χ1n) is 7.13. The van der Waals surface area contributed by atoms with Crippen molar-refractivity contribution < 1.29 is 4.79 Å². The molecule has 0 heterocycles. The van der Waals surface area contributed by atoms with Crippen LogP contribution in [0.2, 0.25) is 0 Å². The predicted molar refractivity (Wildman–Crippen MR) is 83.7 cm³/mol.